The standard InChI is InChI=1S/C69H42N6O/c1-3-19-43(20-4-1)45-23-17-25-47(39-45)68-70-67(44-21-5-2-6-22-44)71-69(72-68)75-62-35-15-10-30-53(62)56-38-37-55-52-29-9-14-34-61(52)74(64(55)65(56)75)49-41-57(66-58(42-49)54-31-11-16-36-63(54)76-66)46-24-18-26-48(40-46)73-59-32-12-7-27-50(59)51-28-8-13-33-60(51)73/h1-42H. The summed E-state index contributed by atoms with van der Waals surface area (Å²) in [4.78, 5) is 16.1. The number of benzene rings is 11. The van der Waals surface area contributed by atoms with E-state index in [2.05, 4.69) is 238 Å². The minimum atomic E-state index is 0.531. The molecule has 16 aromatic rings. The maximum absolute atomic E-state index is 6.93. The Bertz CT molecular complexity index is 4950. The van der Waals surface area contributed by atoms with E-state index in [4.69, 9.17) is 19.4 Å². The Balaban J connectivity index is 0.991. The summed E-state index contributed by atoms with van der Waals surface area (Å²) in [5.74, 6) is 1.71. The van der Waals surface area contributed by atoms with Crippen LogP contribution in [0.15, 0.2) is 259 Å². The molecular weight excluding hydrogens is 929 g/mol. The highest BCUT2D eigenvalue weighted by molar-refractivity contribution is 6.24. The number of aromatic nitrogens is 6. The van der Waals surface area contributed by atoms with E-state index in [-0.39, 0.29) is 0 Å². The molecule has 0 aliphatic carbocycles. The van der Waals surface area contributed by atoms with Crippen LogP contribution in [0.25, 0.3) is 150 Å². The van der Waals surface area contributed by atoms with Gasteiger partial charge in [-0.1, -0.05) is 194 Å². The third-order valence-electron chi connectivity index (χ3n) is 15.3. The molecule has 0 unspecified atom stereocenters. The molecule has 5 heterocycles. The molecule has 76 heavy (non-hydrogen) atoms. The van der Waals surface area contributed by atoms with E-state index >= 15 is 0 Å². The number of furan rings is 1. The summed E-state index contributed by atoms with van der Waals surface area (Å²) in [5, 5.41) is 9.00. The number of hydrogen-bond acceptors (Lipinski definition) is 4. The van der Waals surface area contributed by atoms with Gasteiger partial charge in [0.05, 0.1) is 33.1 Å². The zero-order valence-electron chi connectivity index (χ0n) is 40.8. The third-order valence-corrected chi connectivity index (χ3v) is 15.3. The van der Waals surface area contributed by atoms with Gasteiger partial charge < -0.3 is 13.6 Å². The molecule has 0 aliphatic rings. The first kappa shape index (κ1) is 42.2. The van der Waals surface area contributed by atoms with Crippen LogP contribution in [0.3, 0.4) is 0 Å². The summed E-state index contributed by atoms with van der Waals surface area (Å²) in [5.41, 5.74) is 16.3. The highest BCUT2D eigenvalue weighted by Gasteiger charge is 2.25. The van der Waals surface area contributed by atoms with Gasteiger partial charge in [0.15, 0.2) is 11.6 Å². The number of hydrogen-bond donors (Lipinski definition) is 0. The first-order valence-corrected chi connectivity index (χ1v) is 25.7. The minimum absolute atomic E-state index is 0.531. The monoisotopic (exact) mass is 970 g/mol. The van der Waals surface area contributed by atoms with Crippen molar-refractivity contribution < 1.29 is 4.42 Å². The zero-order valence-corrected chi connectivity index (χ0v) is 40.8. The molecular formula is C69H42N6O. The molecule has 0 aliphatic heterocycles. The fourth-order valence-corrected chi connectivity index (χ4v) is 11.9. The molecule has 0 spiro atoms. The lowest BCUT2D eigenvalue weighted by Gasteiger charge is -2.15. The molecule has 0 atom stereocenters. The summed E-state index contributed by atoms with van der Waals surface area (Å²) in [6, 6.07) is 90.4. The van der Waals surface area contributed by atoms with E-state index in [9.17, 15) is 0 Å². The smallest absolute Gasteiger partial charge is 0.238 e. The average Bonchev–Trinajstić information content (AvgIpc) is 4.43. The van der Waals surface area contributed by atoms with Gasteiger partial charge >= 0.3 is 0 Å². The largest absolute Gasteiger partial charge is 0.455 e. The second kappa shape index (κ2) is 16.6. The first-order valence-electron chi connectivity index (χ1n) is 25.7. The van der Waals surface area contributed by atoms with Gasteiger partial charge in [0.2, 0.25) is 5.95 Å². The topological polar surface area (TPSA) is 66.6 Å². The number of fused-ring (bicyclic) bond motifs is 13. The van der Waals surface area contributed by atoms with Crippen molar-refractivity contribution in [3.05, 3.63) is 255 Å². The van der Waals surface area contributed by atoms with E-state index in [0.29, 0.717) is 17.6 Å². The molecule has 0 amide bonds. The zero-order chi connectivity index (χ0) is 49.8. The van der Waals surface area contributed by atoms with Crippen molar-refractivity contribution in [3.63, 3.8) is 0 Å². The van der Waals surface area contributed by atoms with Crippen LogP contribution in [0.5, 0.6) is 0 Å². The van der Waals surface area contributed by atoms with Crippen molar-refractivity contribution >= 4 is 87.4 Å². The predicted octanol–water partition coefficient (Wildman–Crippen LogP) is 17.7. The van der Waals surface area contributed by atoms with Gasteiger partial charge in [0, 0.05) is 71.2 Å². The van der Waals surface area contributed by atoms with Crippen molar-refractivity contribution in [3.8, 4) is 62.4 Å². The molecule has 0 N–H and O–H groups in total. The van der Waals surface area contributed by atoms with E-state index in [0.717, 1.165) is 121 Å². The Morgan fingerprint density at radius 3 is 1.43 bits per heavy atom. The Morgan fingerprint density at radius 1 is 0.276 bits per heavy atom. The maximum Gasteiger partial charge on any atom is 0.238 e. The van der Waals surface area contributed by atoms with E-state index in [1.54, 1.807) is 0 Å². The lowest BCUT2D eigenvalue weighted by molar-refractivity contribution is 0.670. The van der Waals surface area contributed by atoms with E-state index < -0.39 is 0 Å². The van der Waals surface area contributed by atoms with Crippen molar-refractivity contribution in [2.45, 2.75) is 0 Å². The molecule has 5 aromatic heterocycles. The molecule has 354 valence electrons. The predicted molar refractivity (Wildman–Crippen MR) is 312 cm³/mol. The van der Waals surface area contributed by atoms with Crippen LogP contribution >= 0.6 is 0 Å². The Kier molecular flexibility index (Phi) is 9.20. The molecule has 7 nitrogen and oxygen atoms in total. The van der Waals surface area contributed by atoms with E-state index in [1.807, 2.05) is 30.3 Å². The fraction of sp³-hybridized carbons (Fsp3) is 0. The van der Waals surface area contributed by atoms with Crippen LogP contribution in [0.2, 0.25) is 0 Å². The van der Waals surface area contributed by atoms with Crippen molar-refractivity contribution in [2.75, 3.05) is 0 Å². The summed E-state index contributed by atoms with van der Waals surface area (Å²) >= 11 is 0. The van der Waals surface area contributed by atoms with Crippen molar-refractivity contribution in [2.24, 2.45) is 0 Å². The van der Waals surface area contributed by atoms with Crippen LogP contribution in [0, 0.1) is 0 Å². The highest BCUT2D eigenvalue weighted by Crippen LogP contribution is 2.45. The summed E-state index contributed by atoms with van der Waals surface area (Å²) in [7, 11) is 0. The molecule has 0 bridgehead atoms. The number of rotatable bonds is 7. The third kappa shape index (κ3) is 6.39. The molecule has 7 heteroatoms. The van der Waals surface area contributed by atoms with Crippen molar-refractivity contribution in [1.29, 1.82) is 0 Å². The molecule has 0 saturated heterocycles. The highest BCUT2D eigenvalue weighted by atomic mass is 16.3. The maximum atomic E-state index is 6.93. The van der Waals surface area contributed by atoms with Gasteiger partial charge in [0.25, 0.3) is 0 Å². The van der Waals surface area contributed by atoms with Gasteiger partial charge in [-0.2, -0.15) is 9.97 Å². The van der Waals surface area contributed by atoms with Crippen LogP contribution in [0.1, 0.15) is 0 Å². The van der Waals surface area contributed by atoms with Crippen LogP contribution in [0.4, 0.5) is 0 Å². The second-order valence-corrected chi connectivity index (χ2v) is 19.5. The van der Waals surface area contributed by atoms with Crippen LogP contribution in [-0.4, -0.2) is 28.7 Å². The normalized spacial score (nSPS) is 11.9. The lowest BCUT2D eigenvalue weighted by atomic mass is 10.00. The summed E-state index contributed by atoms with van der Waals surface area (Å²) in [6.07, 6.45) is 0. The molecule has 16 rings (SSSR count). The van der Waals surface area contributed by atoms with Crippen LogP contribution < -0.4 is 0 Å². The van der Waals surface area contributed by atoms with Gasteiger partial charge in [-0.3, -0.25) is 4.57 Å². The first-order chi connectivity index (χ1) is 37.7. The lowest BCUT2D eigenvalue weighted by Crippen LogP contribution is -2.07. The van der Waals surface area contributed by atoms with Crippen LogP contribution in [-0.2, 0) is 0 Å². The minimum Gasteiger partial charge on any atom is -0.455 e. The van der Waals surface area contributed by atoms with Gasteiger partial charge in [-0.15, -0.1) is 0 Å². The fourth-order valence-electron chi connectivity index (χ4n) is 11.9. The van der Waals surface area contributed by atoms with Crippen molar-refractivity contribution in [1.82, 2.24) is 28.7 Å². The Hall–Kier alpha value is -10.4. The SMILES string of the molecule is c1ccc(-c2cccc(-c3nc(-c4ccccc4)nc(-n4c5ccccc5c5ccc6c7ccccc7n(-c7cc(-c8cccc(-n9c%10ccccc%10c%10ccccc%109)c8)c8oc9ccccc9c8c7)c6c54)n3)c2)cc1. The number of nitrogens with zero attached hydrogens (tertiary/aromatic N) is 6. The van der Waals surface area contributed by atoms with Gasteiger partial charge in [-0.25, -0.2) is 4.98 Å². The average molecular weight is 971 g/mol. The number of para-hydroxylation sites is 5. The molecule has 0 radical (unpaired) electrons. The Labute approximate surface area is 435 Å². The van der Waals surface area contributed by atoms with Gasteiger partial charge in [-0.05, 0) is 77.4 Å². The second-order valence-electron chi connectivity index (χ2n) is 19.5. The quantitative estimate of drug-likeness (QED) is 0.160. The van der Waals surface area contributed by atoms with Gasteiger partial charge in [0.1, 0.15) is 11.2 Å². The van der Waals surface area contributed by atoms with E-state index in [1.165, 1.54) is 10.8 Å². The summed E-state index contributed by atoms with van der Waals surface area (Å²) in [6.45, 7) is 0. The molecule has 0 saturated carbocycles. The Morgan fingerprint density at radius 2 is 0.763 bits per heavy atom. The summed E-state index contributed by atoms with van der Waals surface area (Å²) < 4.78 is 14.0. The molecule has 11 aromatic carbocycles. The molecule has 0 fully saturated rings.